The first kappa shape index (κ1) is 17.4. The van der Waals surface area contributed by atoms with E-state index in [4.69, 9.17) is 0 Å². The Kier molecular flexibility index (Phi) is 4.64. The normalized spacial score (nSPS) is 32.3. The summed E-state index contributed by atoms with van der Waals surface area (Å²) in [7, 11) is -3.54. The summed E-state index contributed by atoms with van der Waals surface area (Å²) in [6.45, 7) is 4.59. The van der Waals surface area contributed by atoms with Crippen LogP contribution in [0, 0.1) is 23.2 Å². The molecule has 3 aliphatic carbocycles. The Morgan fingerprint density at radius 1 is 1.26 bits per heavy atom. The summed E-state index contributed by atoms with van der Waals surface area (Å²) in [5.74, 6) is 1.22. The number of rotatable bonds is 5. The molecule has 1 aromatic rings. The van der Waals surface area contributed by atoms with E-state index in [0.29, 0.717) is 23.2 Å². The average Bonchev–Trinajstić information content (AvgIpc) is 2.48. The molecule has 0 heterocycles. The molecule has 2 bridgehead atoms. The summed E-state index contributed by atoms with van der Waals surface area (Å²) in [6, 6.07) is 6.63. The highest BCUT2D eigenvalue weighted by atomic mass is 79.9. The van der Waals surface area contributed by atoms with Crippen molar-refractivity contribution in [2.45, 2.75) is 44.0 Å². The highest BCUT2D eigenvalue weighted by Crippen LogP contribution is 2.61. The van der Waals surface area contributed by atoms with Gasteiger partial charge in [0, 0.05) is 17.1 Å². The van der Waals surface area contributed by atoms with E-state index in [1.165, 1.54) is 0 Å². The Morgan fingerprint density at radius 3 is 2.48 bits per heavy atom. The summed E-state index contributed by atoms with van der Waals surface area (Å²) in [5, 5.41) is 9.33. The fourth-order valence-electron chi connectivity index (χ4n) is 4.41. The molecular formula is C17H24BrNO3S. The highest BCUT2D eigenvalue weighted by molar-refractivity contribution is 9.10. The molecule has 23 heavy (non-hydrogen) atoms. The molecule has 4 rings (SSSR count). The van der Waals surface area contributed by atoms with Crippen LogP contribution in [-0.2, 0) is 10.0 Å². The van der Waals surface area contributed by atoms with Crippen LogP contribution in [0.15, 0.2) is 33.6 Å². The number of hydrogen-bond donors (Lipinski definition) is 2. The van der Waals surface area contributed by atoms with Crippen molar-refractivity contribution in [3.63, 3.8) is 0 Å². The van der Waals surface area contributed by atoms with Crippen molar-refractivity contribution in [2.24, 2.45) is 23.2 Å². The fourth-order valence-corrected chi connectivity index (χ4v) is 6.02. The van der Waals surface area contributed by atoms with E-state index < -0.39 is 10.0 Å². The van der Waals surface area contributed by atoms with Gasteiger partial charge in [-0.05, 0) is 66.7 Å². The Labute approximate surface area is 146 Å². The maximum Gasteiger partial charge on any atom is 0.240 e. The molecule has 4 atom stereocenters. The van der Waals surface area contributed by atoms with Gasteiger partial charge in [-0.2, -0.15) is 0 Å². The lowest BCUT2D eigenvalue weighted by atomic mass is 9.45. The zero-order chi connectivity index (χ0) is 16.8. The van der Waals surface area contributed by atoms with Crippen LogP contribution < -0.4 is 4.72 Å². The summed E-state index contributed by atoms with van der Waals surface area (Å²) < 4.78 is 29.3. The van der Waals surface area contributed by atoms with Gasteiger partial charge in [-0.1, -0.05) is 29.8 Å². The van der Waals surface area contributed by atoms with E-state index in [2.05, 4.69) is 34.5 Å². The van der Waals surface area contributed by atoms with Gasteiger partial charge in [-0.3, -0.25) is 0 Å². The Balaban J connectivity index is 1.84. The summed E-state index contributed by atoms with van der Waals surface area (Å²) in [5.41, 5.74) is 0.179. The molecule has 1 aromatic carbocycles. The topological polar surface area (TPSA) is 66.4 Å². The number of hydrogen-bond acceptors (Lipinski definition) is 3. The molecular weight excluding hydrogens is 378 g/mol. The van der Waals surface area contributed by atoms with Gasteiger partial charge < -0.3 is 5.11 Å². The monoisotopic (exact) mass is 401 g/mol. The molecule has 0 aromatic heterocycles. The maximum absolute atomic E-state index is 12.7. The minimum atomic E-state index is -3.54. The fraction of sp³-hybridized carbons (Fsp3) is 0.647. The van der Waals surface area contributed by atoms with Gasteiger partial charge in [-0.15, -0.1) is 0 Å². The second-order valence-corrected chi connectivity index (χ2v) is 10.1. The van der Waals surface area contributed by atoms with Crippen molar-refractivity contribution in [1.82, 2.24) is 4.72 Å². The smallest absolute Gasteiger partial charge is 0.240 e. The lowest BCUT2D eigenvalue weighted by Crippen LogP contribution is -2.63. The third-order valence-electron chi connectivity index (χ3n) is 5.99. The first-order chi connectivity index (χ1) is 10.8. The van der Waals surface area contributed by atoms with E-state index in [0.717, 1.165) is 17.3 Å². The second kappa shape index (κ2) is 6.14. The van der Waals surface area contributed by atoms with Gasteiger partial charge in [0.2, 0.25) is 10.0 Å². The largest absolute Gasteiger partial charge is 0.396 e. The van der Waals surface area contributed by atoms with Gasteiger partial charge in [0.05, 0.1) is 4.90 Å². The zero-order valence-electron chi connectivity index (χ0n) is 13.5. The molecule has 6 heteroatoms. The molecule has 128 valence electrons. The minimum absolute atomic E-state index is 0.0872. The van der Waals surface area contributed by atoms with Gasteiger partial charge >= 0.3 is 0 Å². The van der Waals surface area contributed by atoms with Crippen molar-refractivity contribution >= 4 is 26.0 Å². The molecule has 2 N–H and O–H groups in total. The third-order valence-corrected chi connectivity index (χ3v) is 7.99. The van der Waals surface area contributed by atoms with Crippen molar-refractivity contribution in [2.75, 3.05) is 6.61 Å². The molecule has 0 aliphatic heterocycles. The number of fused-ring (bicyclic) bond motifs is 2. The Bertz CT molecular complexity index is 672. The van der Waals surface area contributed by atoms with Crippen molar-refractivity contribution in [3.8, 4) is 0 Å². The van der Waals surface area contributed by atoms with E-state index in [1.54, 1.807) is 24.3 Å². The van der Waals surface area contributed by atoms with Crippen LogP contribution in [0.2, 0.25) is 0 Å². The first-order valence-electron chi connectivity index (χ1n) is 8.14. The lowest BCUT2D eigenvalue weighted by Gasteiger charge is -2.62. The van der Waals surface area contributed by atoms with Gasteiger partial charge in [-0.25, -0.2) is 13.1 Å². The molecule has 0 spiro atoms. The zero-order valence-corrected chi connectivity index (χ0v) is 15.9. The molecule has 4 nitrogen and oxygen atoms in total. The average molecular weight is 402 g/mol. The van der Waals surface area contributed by atoms with Crippen LogP contribution in [0.5, 0.6) is 0 Å². The van der Waals surface area contributed by atoms with Crippen LogP contribution in [0.1, 0.15) is 33.1 Å². The van der Waals surface area contributed by atoms with Gasteiger partial charge in [0.25, 0.3) is 0 Å². The number of aliphatic hydroxyl groups excluding tert-OH is 1. The Morgan fingerprint density at radius 2 is 1.91 bits per heavy atom. The number of nitrogens with one attached hydrogen (secondary N) is 1. The predicted molar refractivity (Wildman–Crippen MR) is 93.4 cm³/mol. The molecule has 0 amide bonds. The van der Waals surface area contributed by atoms with Crippen molar-refractivity contribution < 1.29 is 13.5 Å². The van der Waals surface area contributed by atoms with Crippen LogP contribution in [0.25, 0.3) is 0 Å². The molecule has 0 unspecified atom stereocenters. The quantitative estimate of drug-likeness (QED) is 0.795. The number of halogens is 1. The first-order valence-corrected chi connectivity index (χ1v) is 10.4. The number of benzene rings is 1. The molecule has 0 saturated heterocycles. The SMILES string of the molecule is CC1(C)[C@H]2C[C@@H](CCO)[C@@H](NS(=O)(=O)c3ccc(Br)cc3)[C@@H]1C2. The van der Waals surface area contributed by atoms with Crippen molar-refractivity contribution in [1.29, 1.82) is 0 Å². The van der Waals surface area contributed by atoms with Crippen LogP contribution in [-0.4, -0.2) is 26.2 Å². The van der Waals surface area contributed by atoms with Crippen molar-refractivity contribution in [3.05, 3.63) is 28.7 Å². The lowest BCUT2D eigenvalue weighted by molar-refractivity contribution is -0.112. The molecule has 3 saturated carbocycles. The second-order valence-electron chi connectivity index (χ2n) is 7.47. The summed E-state index contributed by atoms with van der Waals surface area (Å²) in [6.07, 6.45) is 2.75. The van der Waals surface area contributed by atoms with Crippen LogP contribution in [0.3, 0.4) is 0 Å². The van der Waals surface area contributed by atoms with Crippen LogP contribution >= 0.6 is 15.9 Å². The predicted octanol–water partition coefficient (Wildman–Crippen LogP) is 3.16. The number of sulfonamides is 1. The summed E-state index contributed by atoms with van der Waals surface area (Å²) in [4.78, 5) is 0.294. The van der Waals surface area contributed by atoms with Crippen LogP contribution in [0.4, 0.5) is 0 Å². The maximum atomic E-state index is 12.7. The van der Waals surface area contributed by atoms with Gasteiger partial charge in [0.15, 0.2) is 0 Å². The minimum Gasteiger partial charge on any atom is -0.396 e. The van der Waals surface area contributed by atoms with E-state index in [9.17, 15) is 13.5 Å². The highest BCUT2D eigenvalue weighted by Gasteiger charge is 2.58. The standard InChI is InChI=1S/C17H24BrNO3S/c1-17(2)12-9-11(7-8-20)16(15(17)10-12)19-23(21,22)14-5-3-13(18)4-6-14/h3-6,11-12,15-16,19-20H,7-10H2,1-2H3/t11-,12+,15+,16-/m1/s1. The Hall–Kier alpha value is -0.430. The molecule has 3 aliphatic rings. The molecule has 0 radical (unpaired) electrons. The third kappa shape index (κ3) is 3.11. The number of aliphatic hydroxyl groups is 1. The summed E-state index contributed by atoms with van der Waals surface area (Å²) >= 11 is 3.33. The van der Waals surface area contributed by atoms with Gasteiger partial charge in [0.1, 0.15) is 0 Å². The molecule has 3 fully saturated rings. The van der Waals surface area contributed by atoms with E-state index in [1.807, 2.05) is 0 Å². The van der Waals surface area contributed by atoms with E-state index in [-0.39, 0.29) is 24.0 Å². The van der Waals surface area contributed by atoms with E-state index >= 15 is 0 Å².